The summed E-state index contributed by atoms with van der Waals surface area (Å²) in [5.41, 5.74) is 3.84. The van der Waals surface area contributed by atoms with Gasteiger partial charge >= 0.3 is 0 Å². The van der Waals surface area contributed by atoms with Crippen LogP contribution in [0.25, 0.3) is 0 Å². The van der Waals surface area contributed by atoms with Crippen molar-refractivity contribution in [1.29, 1.82) is 0 Å². The van der Waals surface area contributed by atoms with Gasteiger partial charge in [0.05, 0.1) is 13.2 Å². The van der Waals surface area contributed by atoms with E-state index >= 15 is 0 Å². The fraction of sp³-hybridized carbons (Fsp3) is 0.500. The maximum atomic E-state index is 10.7. The summed E-state index contributed by atoms with van der Waals surface area (Å²) in [6, 6.07) is 16.9. The lowest BCUT2D eigenvalue weighted by atomic mass is 9.88. The zero-order chi connectivity index (χ0) is 18.6. The molecule has 1 fully saturated rings. The average molecular weight is 366 g/mol. The Kier molecular flexibility index (Phi) is 5.80. The van der Waals surface area contributed by atoms with Gasteiger partial charge in [-0.25, -0.2) is 0 Å². The zero-order valence-electron chi connectivity index (χ0n) is 16.3. The Hall–Kier alpha value is -1.84. The van der Waals surface area contributed by atoms with Crippen LogP contribution in [-0.2, 0) is 6.42 Å². The fourth-order valence-electron chi connectivity index (χ4n) is 4.97. The minimum absolute atomic E-state index is 0.306. The molecule has 1 N–H and O–H groups in total. The molecule has 4 rings (SSSR count). The van der Waals surface area contributed by atoms with Crippen LogP contribution in [0, 0.1) is 5.92 Å². The summed E-state index contributed by atoms with van der Waals surface area (Å²) in [6.07, 6.45) is 5.24. The van der Waals surface area contributed by atoms with Crippen molar-refractivity contribution in [3.05, 3.63) is 65.2 Å². The lowest BCUT2D eigenvalue weighted by Crippen LogP contribution is -2.37. The second kappa shape index (κ2) is 8.45. The number of para-hydroxylation sites is 1. The molecule has 1 aliphatic carbocycles. The van der Waals surface area contributed by atoms with E-state index in [2.05, 4.69) is 41.3 Å². The van der Waals surface area contributed by atoms with Gasteiger partial charge in [-0.2, -0.15) is 0 Å². The van der Waals surface area contributed by atoms with Gasteiger partial charge in [0.25, 0.3) is 0 Å². The van der Waals surface area contributed by atoms with Gasteiger partial charge in [0, 0.05) is 6.54 Å². The standard InChI is InChI=1S/C24H31NO2/c1-27-24-9-5-4-8-22(24)20-12-14-25(15-13-20)17-18-10-11-19-6-2-3-7-21(19)23(26)16-18/h2-9,18,20,23,26H,10-17H2,1H3/t18-,23-/m0/s1. The molecule has 2 aromatic rings. The number of aryl methyl sites for hydroxylation is 1. The fourth-order valence-corrected chi connectivity index (χ4v) is 4.97. The third-order valence-corrected chi connectivity index (χ3v) is 6.48. The normalized spacial score (nSPS) is 24.2. The Labute approximate surface area is 163 Å². The first-order valence-electron chi connectivity index (χ1n) is 10.4. The molecule has 0 saturated carbocycles. The van der Waals surface area contributed by atoms with E-state index in [-0.39, 0.29) is 6.10 Å². The number of methoxy groups -OCH3 is 1. The smallest absolute Gasteiger partial charge is 0.122 e. The summed E-state index contributed by atoms with van der Waals surface area (Å²) in [6.45, 7) is 3.40. The third-order valence-electron chi connectivity index (χ3n) is 6.48. The SMILES string of the molecule is COc1ccccc1C1CCN(C[C@H]2CCc3ccccc3[C@@H](O)C2)CC1. The number of likely N-dealkylation sites (tertiary alicyclic amines) is 1. The van der Waals surface area contributed by atoms with E-state index in [0.29, 0.717) is 11.8 Å². The largest absolute Gasteiger partial charge is 0.496 e. The van der Waals surface area contributed by atoms with Crippen molar-refractivity contribution in [2.75, 3.05) is 26.7 Å². The molecule has 0 amide bonds. The Balaban J connectivity index is 1.33. The topological polar surface area (TPSA) is 32.7 Å². The number of rotatable bonds is 4. The molecule has 3 nitrogen and oxygen atoms in total. The summed E-state index contributed by atoms with van der Waals surface area (Å²) < 4.78 is 5.56. The number of aliphatic hydroxyl groups is 1. The third kappa shape index (κ3) is 4.20. The highest BCUT2D eigenvalue weighted by Gasteiger charge is 2.27. The first-order valence-corrected chi connectivity index (χ1v) is 10.4. The minimum Gasteiger partial charge on any atom is -0.496 e. The van der Waals surface area contributed by atoms with E-state index in [1.165, 1.54) is 30.4 Å². The molecule has 0 unspecified atom stereocenters. The van der Waals surface area contributed by atoms with Gasteiger partial charge in [0.2, 0.25) is 0 Å². The molecule has 2 aromatic carbocycles. The first-order chi connectivity index (χ1) is 13.2. The number of nitrogens with zero attached hydrogens (tertiary/aromatic N) is 1. The highest BCUT2D eigenvalue weighted by Crippen LogP contribution is 2.36. The van der Waals surface area contributed by atoms with Crippen LogP contribution in [0.4, 0.5) is 0 Å². The highest BCUT2D eigenvalue weighted by molar-refractivity contribution is 5.36. The van der Waals surface area contributed by atoms with Crippen molar-refractivity contribution in [3.63, 3.8) is 0 Å². The Bertz CT molecular complexity index is 752. The Morgan fingerprint density at radius 1 is 0.963 bits per heavy atom. The van der Waals surface area contributed by atoms with Gasteiger partial charge in [0.1, 0.15) is 5.75 Å². The summed E-state index contributed by atoms with van der Waals surface area (Å²) in [5.74, 6) is 2.21. The second-order valence-electron chi connectivity index (χ2n) is 8.17. The molecule has 2 aliphatic rings. The lowest BCUT2D eigenvalue weighted by Gasteiger charge is -2.35. The van der Waals surface area contributed by atoms with Crippen LogP contribution < -0.4 is 4.74 Å². The molecule has 0 radical (unpaired) electrons. The van der Waals surface area contributed by atoms with E-state index in [1.54, 1.807) is 7.11 Å². The van der Waals surface area contributed by atoms with Crippen molar-refractivity contribution >= 4 is 0 Å². The molecule has 1 heterocycles. The number of ether oxygens (including phenoxy) is 1. The maximum Gasteiger partial charge on any atom is 0.122 e. The molecular weight excluding hydrogens is 334 g/mol. The van der Waals surface area contributed by atoms with Crippen molar-refractivity contribution in [2.24, 2.45) is 5.92 Å². The number of fused-ring (bicyclic) bond motifs is 1. The van der Waals surface area contributed by atoms with Crippen molar-refractivity contribution < 1.29 is 9.84 Å². The van der Waals surface area contributed by atoms with Crippen LogP contribution in [0.1, 0.15) is 54.4 Å². The molecule has 1 saturated heterocycles. The van der Waals surface area contributed by atoms with Crippen molar-refractivity contribution in [2.45, 2.75) is 44.1 Å². The average Bonchev–Trinajstić information content (AvgIpc) is 2.87. The molecule has 0 spiro atoms. The van der Waals surface area contributed by atoms with E-state index in [0.717, 1.165) is 43.8 Å². The molecule has 1 aliphatic heterocycles. The molecule has 0 aromatic heterocycles. The molecule has 27 heavy (non-hydrogen) atoms. The predicted octanol–water partition coefficient (Wildman–Crippen LogP) is 4.56. The van der Waals surface area contributed by atoms with Gasteiger partial charge in [-0.3, -0.25) is 0 Å². The van der Waals surface area contributed by atoms with Crippen LogP contribution in [0.3, 0.4) is 0 Å². The van der Waals surface area contributed by atoms with Crippen molar-refractivity contribution in [1.82, 2.24) is 4.90 Å². The molecule has 2 atom stereocenters. The van der Waals surface area contributed by atoms with E-state index in [4.69, 9.17) is 4.74 Å². The second-order valence-corrected chi connectivity index (χ2v) is 8.17. The number of hydrogen-bond donors (Lipinski definition) is 1. The van der Waals surface area contributed by atoms with Crippen LogP contribution in [0.15, 0.2) is 48.5 Å². The summed E-state index contributed by atoms with van der Waals surface area (Å²) in [4.78, 5) is 2.61. The molecule has 0 bridgehead atoms. The Morgan fingerprint density at radius 3 is 2.44 bits per heavy atom. The maximum absolute atomic E-state index is 10.7. The quantitative estimate of drug-likeness (QED) is 0.806. The van der Waals surface area contributed by atoms with Gasteiger partial charge < -0.3 is 14.7 Å². The zero-order valence-corrected chi connectivity index (χ0v) is 16.3. The van der Waals surface area contributed by atoms with Gasteiger partial charge in [-0.05, 0) is 79.8 Å². The van der Waals surface area contributed by atoms with E-state index < -0.39 is 0 Å². The van der Waals surface area contributed by atoms with Crippen LogP contribution in [0.5, 0.6) is 5.75 Å². The first kappa shape index (κ1) is 18.5. The number of benzene rings is 2. The highest BCUT2D eigenvalue weighted by atomic mass is 16.5. The van der Waals surface area contributed by atoms with Gasteiger partial charge in [0.15, 0.2) is 0 Å². The number of aliphatic hydroxyl groups excluding tert-OH is 1. The van der Waals surface area contributed by atoms with E-state index in [1.807, 2.05) is 12.1 Å². The summed E-state index contributed by atoms with van der Waals surface area (Å²) in [7, 11) is 1.77. The van der Waals surface area contributed by atoms with Crippen LogP contribution >= 0.6 is 0 Å². The van der Waals surface area contributed by atoms with Crippen LogP contribution in [-0.4, -0.2) is 36.8 Å². The monoisotopic (exact) mass is 365 g/mol. The van der Waals surface area contributed by atoms with Crippen LogP contribution in [0.2, 0.25) is 0 Å². The molecule has 3 heteroatoms. The minimum atomic E-state index is -0.306. The summed E-state index contributed by atoms with van der Waals surface area (Å²) >= 11 is 0. The van der Waals surface area contributed by atoms with Gasteiger partial charge in [-0.1, -0.05) is 42.5 Å². The van der Waals surface area contributed by atoms with Crippen molar-refractivity contribution in [3.8, 4) is 5.75 Å². The number of hydrogen-bond acceptors (Lipinski definition) is 3. The molecule has 144 valence electrons. The Morgan fingerprint density at radius 2 is 1.67 bits per heavy atom. The number of piperidine rings is 1. The van der Waals surface area contributed by atoms with Gasteiger partial charge in [-0.15, -0.1) is 0 Å². The molecular formula is C24H31NO2. The summed E-state index contributed by atoms with van der Waals surface area (Å²) in [5, 5.41) is 10.7. The lowest BCUT2D eigenvalue weighted by molar-refractivity contribution is 0.117. The van der Waals surface area contributed by atoms with E-state index in [9.17, 15) is 5.11 Å². The predicted molar refractivity (Wildman–Crippen MR) is 109 cm³/mol.